The predicted molar refractivity (Wildman–Crippen MR) is 320 cm³/mol. The van der Waals surface area contributed by atoms with Crippen molar-refractivity contribution in [1.82, 2.24) is 19.1 Å². The largest absolute Gasteiger partial charge is 0.501 e. The Balaban J connectivity index is 0.000000203. The van der Waals surface area contributed by atoms with Gasteiger partial charge in [0, 0.05) is 41.0 Å². The average molecular weight is 1180 g/mol. The molecule has 0 atom stereocenters. The summed E-state index contributed by atoms with van der Waals surface area (Å²) < 4.78 is 37.1. The van der Waals surface area contributed by atoms with E-state index in [4.69, 9.17) is 18.5 Å². The first-order chi connectivity index (χ1) is 38.2. The number of para-hydroxylation sites is 5. The number of rotatable bonds is 9. The molecule has 3 heterocycles. The number of imidazole rings is 2. The molecule has 10 aromatic carbocycles. The van der Waals surface area contributed by atoms with Crippen molar-refractivity contribution in [2.24, 2.45) is 0 Å². The maximum absolute atomic E-state index is 8.57. The number of furan rings is 1. The van der Waals surface area contributed by atoms with Crippen LogP contribution in [0.2, 0.25) is 0 Å². The average Bonchev–Trinajstić information content (AvgIpc) is 4.19. The third kappa shape index (κ3) is 9.08. The number of hydrogen-bond acceptors (Lipinski definition) is 3. The molecule has 5 nitrogen and oxygen atoms in total. The molecule has 0 spiro atoms. The van der Waals surface area contributed by atoms with Gasteiger partial charge in [-0.15, -0.1) is 53.6 Å². The fourth-order valence-electron chi connectivity index (χ4n) is 11.3. The van der Waals surface area contributed by atoms with Gasteiger partial charge in [0.25, 0.3) is 0 Å². The second kappa shape index (κ2) is 20.9. The predicted octanol–water partition coefficient (Wildman–Crippen LogP) is 19.7. The van der Waals surface area contributed by atoms with E-state index in [1.165, 1.54) is 39.1 Å². The molecule has 0 unspecified atom stereocenters. The van der Waals surface area contributed by atoms with Gasteiger partial charge in [-0.1, -0.05) is 182 Å². The van der Waals surface area contributed by atoms with Gasteiger partial charge in [0.2, 0.25) is 0 Å². The van der Waals surface area contributed by atoms with Gasteiger partial charge in [-0.3, -0.25) is 9.97 Å². The topological polar surface area (TPSA) is 48.8 Å². The molecule has 1 radical (unpaired) electrons. The van der Waals surface area contributed by atoms with Crippen molar-refractivity contribution >= 4 is 65.6 Å². The molecule has 0 fully saturated rings. The van der Waals surface area contributed by atoms with E-state index in [1.54, 1.807) is 6.07 Å². The first-order valence-corrected chi connectivity index (χ1v) is 26.7. The first-order valence-electron chi connectivity index (χ1n) is 28.2. The Labute approximate surface area is 469 Å². The summed E-state index contributed by atoms with van der Waals surface area (Å²) in [7, 11) is 0. The van der Waals surface area contributed by atoms with Crippen LogP contribution >= 0.6 is 0 Å². The molecular weight excluding hydrogens is 1120 g/mol. The zero-order chi connectivity index (χ0) is 54.9. The third-order valence-electron chi connectivity index (χ3n) is 15.0. The summed E-state index contributed by atoms with van der Waals surface area (Å²) in [5.74, 6) is 2.85. The van der Waals surface area contributed by atoms with Crippen molar-refractivity contribution < 1.29 is 28.6 Å². The molecule has 0 N–H and O–H groups in total. The third-order valence-corrected chi connectivity index (χ3v) is 15.0. The van der Waals surface area contributed by atoms with Crippen LogP contribution in [-0.4, -0.2) is 19.1 Å². The standard InChI is InChI=1S/C46H37N2O.C25H25N2.Ir/c1-27(2)36-24-33(30-13-7-6-8-14-30)25-37(28(3)4)44(36)48-41-18-12-11-17-40(41)47-46(48)35-22-19-29(5)43-39-23-32-21-20-31-15-9-10-16-34(31)38(32)26-42(39)49-45(35)43;1-17(2)20-13-10-14-21(18(3)4)24(20)27-23-16-9-8-15-22(23)26-25(27)19-11-6-5-7-12-19;/h6-21,23-28H,1-5H3;5-11,13-18H,1-4H3;/q2*-1;/i5D3;;. The van der Waals surface area contributed by atoms with Crippen molar-refractivity contribution in [1.29, 1.82) is 0 Å². The van der Waals surface area contributed by atoms with Crippen LogP contribution in [0.5, 0.6) is 0 Å². The van der Waals surface area contributed by atoms with Crippen LogP contribution in [0.3, 0.4) is 0 Å². The van der Waals surface area contributed by atoms with Crippen LogP contribution in [0, 0.1) is 19.0 Å². The Hall–Kier alpha value is -7.89. The second-order valence-electron chi connectivity index (χ2n) is 21.3. The zero-order valence-electron chi connectivity index (χ0n) is 47.7. The van der Waals surface area contributed by atoms with Crippen molar-refractivity contribution in [2.45, 2.75) is 85.9 Å². The van der Waals surface area contributed by atoms with E-state index in [0.29, 0.717) is 39.8 Å². The van der Waals surface area contributed by atoms with E-state index in [2.05, 4.69) is 204 Å². The first kappa shape index (κ1) is 47.6. The monoisotopic (exact) mass is 1180 g/mol. The summed E-state index contributed by atoms with van der Waals surface area (Å²) >= 11 is 0. The maximum Gasteiger partial charge on any atom is 0.121 e. The fraction of sp³-hybridized carbons (Fsp3) is 0.183. The summed E-state index contributed by atoms with van der Waals surface area (Å²) in [6, 6.07) is 71.5. The number of benzene rings is 10. The van der Waals surface area contributed by atoms with Gasteiger partial charge in [0.05, 0.1) is 39.3 Å². The number of nitrogens with zero attached hydrogens (tertiary/aromatic N) is 4. The molecule has 13 aromatic rings. The van der Waals surface area contributed by atoms with Gasteiger partial charge in [0.1, 0.15) is 5.58 Å². The Morgan fingerprint density at radius 3 is 1.69 bits per heavy atom. The summed E-state index contributed by atoms with van der Waals surface area (Å²) in [6.07, 6.45) is 0. The molecule has 0 aliphatic rings. The van der Waals surface area contributed by atoms with E-state index in [-0.39, 0.29) is 37.5 Å². The maximum atomic E-state index is 8.57. The molecule has 13 rings (SSSR count). The molecule has 77 heavy (non-hydrogen) atoms. The van der Waals surface area contributed by atoms with Crippen LogP contribution in [0.25, 0.3) is 111 Å². The van der Waals surface area contributed by atoms with Crippen LogP contribution < -0.4 is 0 Å². The Bertz CT molecular complexity index is 4380. The fourth-order valence-corrected chi connectivity index (χ4v) is 11.3. The van der Waals surface area contributed by atoms with Gasteiger partial charge >= 0.3 is 0 Å². The van der Waals surface area contributed by atoms with Crippen LogP contribution in [0.15, 0.2) is 192 Å². The minimum absolute atomic E-state index is 0. The van der Waals surface area contributed by atoms with Crippen LogP contribution in [0.1, 0.15) is 111 Å². The summed E-state index contributed by atoms with van der Waals surface area (Å²) in [5.41, 5.74) is 16.7. The quantitative estimate of drug-likeness (QED) is 0.107. The van der Waals surface area contributed by atoms with Crippen LogP contribution in [0.4, 0.5) is 0 Å². The van der Waals surface area contributed by atoms with Crippen molar-refractivity contribution in [3.63, 3.8) is 0 Å². The van der Waals surface area contributed by atoms with Crippen LogP contribution in [-0.2, 0) is 20.1 Å². The van der Waals surface area contributed by atoms with E-state index in [0.717, 1.165) is 66.1 Å². The SMILES string of the molecule is CC(C)c1cccc(C(C)C)c1-n1c(-c2[c-]cccc2)nc2ccccc21.[2H]C([2H])([2H])c1c[c-]c(-c2nc3ccccc3n2-c2c(C(C)C)cc(-c3ccccc3)cc2C(C)C)c2oc3cc4c(ccc5ccccc54)cc3c12.[Ir]. The van der Waals surface area contributed by atoms with Gasteiger partial charge in [-0.25, -0.2) is 0 Å². The Morgan fingerprint density at radius 2 is 1.05 bits per heavy atom. The molecule has 383 valence electrons. The summed E-state index contributed by atoms with van der Waals surface area (Å²) in [4.78, 5) is 10.3. The van der Waals surface area contributed by atoms with E-state index >= 15 is 0 Å². The molecule has 0 saturated heterocycles. The minimum Gasteiger partial charge on any atom is -0.501 e. The van der Waals surface area contributed by atoms with E-state index in [1.807, 2.05) is 54.6 Å². The summed E-state index contributed by atoms with van der Waals surface area (Å²) in [6.45, 7) is 15.6. The molecule has 0 amide bonds. The Kier molecular flexibility index (Phi) is 12.9. The van der Waals surface area contributed by atoms with Crippen molar-refractivity contribution in [3.05, 3.63) is 228 Å². The molecule has 0 aliphatic carbocycles. The van der Waals surface area contributed by atoms with Gasteiger partial charge < -0.3 is 13.6 Å². The van der Waals surface area contributed by atoms with Crippen molar-refractivity contribution in [3.8, 4) is 45.3 Å². The number of aromatic nitrogens is 4. The second-order valence-corrected chi connectivity index (χ2v) is 21.3. The van der Waals surface area contributed by atoms with Gasteiger partial charge in [-0.2, -0.15) is 0 Å². The van der Waals surface area contributed by atoms with E-state index < -0.39 is 6.85 Å². The molecule has 0 bridgehead atoms. The molecule has 0 aliphatic heterocycles. The zero-order valence-corrected chi connectivity index (χ0v) is 47.1. The summed E-state index contributed by atoms with van der Waals surface area (Å²) in [5, 5.41) is 5.67. The Morgan fingerprint density at radius 1 is 0.481 bits per heavy atom. The number of aryl methyl sites for hydroxylation is 1. The smallest absolute Gasteiger partial charge is 0.121 e. The van der Waals surface area contributed by atoms with Gasteiger partial charge in [-0.05, 0) is 127 Å². The molecular formula is C71H62IrN4O-2. The van der Waals surface area contributed by atoms with Gasteiger partial charge in [0.15, 0.2) is 0 Å². The van der Waals surface area contributed by atoms with Crippen molar-refractivity contribution in [2.75, 3.05) is 0 Å². The minimum atomic E-state index is -2.38. The number of fused-ring (bicyclic) bond motifs is 8. The molecule has 3 aromatic heterocycles. The number of hydrogen-bond donors (Lipinski definition) is 0. The van der Waals surface area contributed by atoms with E-state index in [9.17, 15) is 0 Å². The molecule has 6 heteroatoms. The molecule has 0 saturated carbocycles. The normalized spacial score (nSPS) is 12.5.